The zero-order valence-electron chi connectivity index (χ0n) is 15.2. The number of non-ortho nitro benzene ring substituents is 1. The average Bonchev–Trinajstić information content (AvgIpc) is 2.61. The van der Waals surface area contributed by atoms with Crippen molar-refractivity contribution in [3.05, 3.63) is 62.7 Å². The molecular formula is C18H20N2O6. The van der Waals surface area contributed by atoms with E-state index in [4.69, 9.17) is 4.74 Å². The lowest BCUT2D eigenvalue weighted by molar-refractivity contribution is -0.384. The molecule has 1 aliphatic heterocycles. The van der Waals surface area contributed by atoms with Gasteiger partial charge in [-0.3, -0.25) is 14.9 Å². The molecule has 0 spiro atoms. The van der Waals surface area contributed by atoms with Gasteiger partial charge in [0.05, 0.1) is 23.6 Å². The van der Waals surface area contributed by atoms with E-state index in [1.54, 1.807) is 31.9 Å². The number of Topliss-reactive ketones (excluding diaryl/α,β-unsaturated/α-hetero) is 1. The van der Waals surface area contributed by atoms with Gasteiger partial charge >= 0.3 is 6.16 Å². The number of rotatable bonds is 4. The van der Waals surface area contributed by atoms with Crippen LogP contribution in [0.2, 0.25) is 0 Å². The topological polar surface area (TPSA) is 99.0 Å². The Morgan fingerprint density at radius 1 is 1.23 bits per heavy atom. The van der Waals surface area contributed by atoms with Crippen LogP contribution in [0.3, 0.4) is 0 Å². The molecule has 1 aliphatic rings. The van der Waals surface area contributed by atoms with Gasteiger partial charge in [0.2, 0.25) is 0 Å². The van der Waals surface area contributed by atoms with Gasteiger partial charge in [0.25, 0.3) is 5.69 Å². The van der Waals surface area contributed by atoms with Crippen LogP contribution in [0.25, 0.3) is 0 Å². The molecule has 0 saturated carbocycles. The first-order chi connectivity index (χ1) is 12.2. The minimum absolute atomic E-state index is 0.114. The van der Waals surface area contributed by atoms with Crippen molar-refractivity contribution in [1.82, 2.24) is 4.90 Å². The molecule has 0 saturated heterocycles. The van der Waals surface area contributed by atoms with E-state index < -0.39 is 17.0 Å². The number of benzene rings is 1. The third-order valence-corrected chi connectivity index (χ3v) is 4.46. The van der Waals surface area contributed by atoms with Crippen LogP contribution in [-0.4, -0.2) is 35.9 Å². The third-order valence-electron chi connectivity index (χ3n) is 4.46. The Labute approximate surface area is 150 Å². The van der Waals surface area contributed by atoms with Crippen molar-refractivity contribution in [1.29, 1.82) is 0 Å². The molecule has 1 unspecified atom stereocenters. The molecule has 0 aliphatic carbocycles. The van der Waals surface area contributed by atoms with E-state index in [9.17, 15) is 19.7 Å². The molecule has 0 amide bonds. The van der Waals surface area contributed by atoms with Gasteiger partial charge < -0.3 is 14.4 Å². The predicted octanol–water partition coefficient (Wildman–Crippen LogP) is 3.50. The maximum Gasteiger partial charge on any atom is 0.513 e. The van der Waals surface area contributed by atoms with E-state index in [2.05, 4.69) is 4.74 Å². The van der Waals surface area contributed by atoms with E-state index in [1.807, 2.05) is 0 Å². The fraction of sp³-hybridized carbons (Fsp3) is 0.333. The number of allylic oxidation sites excluding steroid dienone is 3. The van der Waals surface area contributed by atoms with Crippen LogP contribution >= 0.6 is 0 Å². The van der Waals surface area contributed by atoms with Crippen LogP contribution in [0.15, 0.2) is 47.0 Å². The van der Waals surface area contributed by atoms with Crippen molar-refractivity contribution in [2.45, 2.75) is 26.7 Å². The van der Waals surface area contributed by atoms with Crippen LogP contribution in [0.5, 0.6) is 0 Å². The van der Waals surface area contributed by atoms with Gasteiger partial charge in [0.1, 0.15) is 5.76 Å². The van der Waals surface area contributed by atoms with Crippen LogP contribution in [-0.2, 0) is 14.3 Å². The summed E-state index contributed by atoms with van der Waals surface area (Å²) in [4.78, 5) is 36.5. The highest BCUT2D eigenvalue weighted by molar-refractivity contribution is 5.96. The van der Waals surface area contributed by atoms with Gasteiger partial charge in [-0.25, -0.2) is 4.79 Å². The summed E-state index contributed by atoms with van der Waals surface area (Å²) in [6, 6.07) is 5.93. The number of hydrogen-bond donors (Lipinski definition) is 0. The second-order valence-corrected chi connectivity index (χ2v) is 5.91. The SMILES string of the molecule is COC(=O)OC1=C(C)N(C)C(C)=C(C(C)=O)C1c1cccc([N+](=O)[O-])c1. The number of hydrogen-bond acceptors (Lipinski definition) is 7. The van der Waals surface area contributed by atoms with Crippen molar-refractivity contribution in [2.75, 3.05) is 14.2 Å². The molecule has 1 heterocycles. The van der Waals surface area contributed by atoms with Crippen LogP contribution in [0.4, 0.5) is 10.5 Å². The van der Waals surface area contributed by atoms with E-state index in [0.717, 1.165) is 0 Å². The third kappa shape index (κ3) is 3.44. The molecule has 0 radical (unpaired) electrons. The lowest BCUT2D eigenvalue weighted by Gasteiger charge is -2.35. The number of nitro benzene ring substituents is 1. The molecule has 0 N–H and O–H groups in total. The Morgan fingerprint density at radius 3 is 2.42 bits per heavy atom. The molecule has 8 heteroatoms. The van der Waals surface area contributed by atoms with Gasteiger partial charge in [0.15, 0.2) is 5.78 Å². The molecule has 0 fully saturated rings. The highest BCUT2D eigenvalue weighted by Gasteiger charge is 2.36. The molecule has 26 heavy (non-hydrogen) atoms. The van der Waals surface area contributed by atoms with Gasteiger partial charge in [-0.2, -0.15) is 0 Å². The van der Waals surface area contributed by atoms with Crippen molar-refractivity contribution < 1.29 is 24.0 Å². The number of ketones is 1. The van der Waals surface area contributed by atoms with Gasteiger partial charge in [-0.1, -0.05) is 12.1 Å². The van der Waals surface area contributed by atoms with Crippen LogP contribution in [0.1, 0.15) is 32.3 Å². The number of methoxy groups -OCH3 is 1. The summed E-state index contributed by atoms with van der Waals surface area (Å²) in [6.45, 7) is 4.93. The molecule has 1 atom stereocenters. The van der Waals surface area contributed by atoms with E-state index >= 15 is 0 Å². The summed E-state index contributed by atoms with van der Waals surface area (Å²) < 4.78 is 9.92. The Bertz CT molecular complexity index is 840. The van der Waals surface area contributed by atoms with Gasteiger partial charge in [-0.05, 0) is 26.3 Å². The van der Waals surface area contributed by atoms with Gasteiger partial charge in [-0.15, -0.1) is 0 Å². The van der Waals surface area contributed by atoms with Crippen LogP contribution < -0.4 is 0 Å². The zero-order valence-corrected chi connectivity index (χ0v) is 15.2. The van der Waals surface area contributed by atoms with Crippen LogP contribution in [0, 0.1) is 10.1 Å². The monoisotopic (exact) mass is 360 g/mol. The summed E-state index contributed by atoms with van der Waals surface area (Å²) >= 11 is 0. The Hall–Kier alpha value is -3.16. The maximum absolute atomic E-state index is 12.4. The highest BCUT2D eigenvalue weighted by Crippen LogP contribution is 2.42. The number of carbonyl (C=O) groups excluding carboxylic acids is 2. The molecule has 1 aromatic rings. The van der Waals surface area contributed by atoms with E-state index in [-0.39, 0.29) is 17.2 Å². The largest absolute Gasteiger partial charge is 0.513 e. The molecule has 8 nitrogen and oxygen atoms in total. The first-order valence-electron chi connectivity index (χ1n) is 7.85. The second kappa shape index (κ2) is 7.38. The minimum atomic E-state index is -0.925. The quantitative estimate of drug-likeness (QED) is 0.460. The normalized spacial score (nSPS) is 17.3. The van der Waals surface area contributed by atoms with Gasteiger partial charge in [0, 0.05) is 30.5 Å². The van der Waals surface area contributed by atoms with Crippen molar-refractivity contribution in [3.63, 3.8) is 0 Å². The highest BCUT2D eigenvalue weighted by atomic mass is 16.7. The van der Waals surface area contributed by atoms with Crippen molar-refractivity contribution >= 4 is 17.6 Å². The Morgan fingerprint density at radius 2 is 1.88 bits per heavy atom. The lowest BCUT2D eigenvalue weighted by Crippen LogP contribution is -2.30. The first-order valence-corrected chi connectivity index (χ1v) is 7.85. The zero-order chi connectivity index (χ0) is 19.6. The smallest absolute Gasteiger partial charge is 0.437 e. The summed E-state index contributed by atoms with van der Waals surface area (Å²) in [5.41, 5.74) is 2.06. The first kappa shape index (κ1) is 19.2. The van der Waals surface area contributed by atoms with E-state index in [1.165, 1.54) is 32.2 Å². The molecule has 0 aromatic heterocycles. The Kier molecular flexibility index (Phi) is 5.44. The minimum Gasteiger partial charge on any atom is -0.437 e. The summed E-state index contributed by atoms with van der Waals surface area (Å²) in [5.74, 6) is -0.761. The van der Waals surface area contributed by atoms with Crippen molar-refractivity contribution in [2.24, 2.45) is 0 Å². The number of carbonyl (C=O) groups is 2. The standard InChI is InChI=1S/C18H20N2O6/c1-10-15(12(3)21)16(13-7-6-8-14(9-13)20(23)24)17(11(2)19(10)4)26-18(22)25-5/h6-9,16H,1-5H3. The molecule has 138 valence electrons. The molecule has 1 aromatic carbocycles. The summed E-state index contributed by atoms with van der Waals surface area (Å²) in [5, 5.41) is 11.1. The molecule has 2 rings (SSSR count). The summed E-state index contributed by atoms with van der Waals surface area (Å²) in [6.07, 6.45) is -0.925. The lowest BCUT2D eigenvalue weighted by atomic mass is 9.82. The molecular weight excluding hydrogens is 340 g/mol. The maximum atomic E-state index is 12.4. The number of nitrogens with zero attached hydrogens (tertiary/aromatic N) is 2. The fourth-order valence-electron chi connectivity index (χ4n) is 3.00. The molecule has 0 bridgehead atoms. The second-order valence-electron chi connectivity index (χ2n) is 5.91. The van der Waals surface area contributed by atoms with E-state index in [0.29, 0.717) is 22.5 Å². The average molecular weight is 360 g/mol. The number of nitro groups is 1. The predicted molar refractivity (Wildman–Crippen MR) is 93.2 cm³/mol. The Balaban J connectivity index is 2.71. The summed E-state index contributed by atoms with van der Waals surface area (Å²) in [7, 11) is 2.93. The fourth-order valence-corrected chi connectivity index (χ4v) is 3.00. The van der Waals surface area contributed by atoms with Crippen molar-refractivity contribution in [3.8, 4) is 0 Å². The number of ether oxygens (including phenoxy) is 2.